The lowest BCUT2D eigenvalue weighted by Gasteiger charge is -2.18. The van der Waals surface area contributed by atoms with Crippen molar-refractivity contribution in [3.8, 4) is 0 Å². The van der Waals surface area contributed by atoms with E-state index < -0.39 is 0 Å². The van der Waals surface area contributed by atoms with Gasteiger partial charge in [-0.25, -0.2) is 4.79 Å². The number of amides is 2. The van der Waals surface area contributed by atoms with E-state index in [2.05, 4.69) is 17.6 Å². The molecule has 2 N–H and O–H groups in total. The molecule has 0 aliphatic carbocycles. The topological polar surface area (TPSA) is 70.7 Å². The van der Waals surface area contributed by atoms with Crippen LogP contribution in [0.15, 0.2) is 60.7 Å². The van der Waals surface area contributed by atoms with Gasteiger partial charge in [0.2, 0.25) is 5.91 Å². The largest absolute Gasteiger partial charge is 0.445 e. The molecule has 2 amide bonds. The summed E-state index contributed by atoms with van der Waals surface area (Å²) in [5.41, 5.74) is 1.70. The number of likely N-dealkylation sites (tertiary alicyclic amines) is 1. The van der Waals surface area contributed by atoms with Crippen molar-refractivity contribution in [2.24, 2.45) is 5.92 Å². The zero-order valence-electron chi connectivity index (χ0n) is 16.1. The third kappa shape index (κ3) is 5.33. The SMILES string of the molecule is CCCNC1CN(C(=O)OCc2ccccc2)CC1C(=O)Nc1ccccc1. The first-order valence-corrected chi connectivity index (χ1v) is 9.72. The van der Waals surface area contributed by atoms with Crippen molar-refractivity contribution in [2.75, 3.05) is 25.0 Å². The Labute approximate surface area is 165 Å². The van der Waals surface area contributed by atoms with Crippen LogP contribution in [0.1, 0.15) is 18.9 Å². The second-order valence-electron chi connectivity index (χ2n) is 6.97. The standard InChI is InChI=1S/C22H27N3O3/c1-2-13-23-20-15-25(22(27)28-16-17-9-5-3-6-10-17)14-19(20)21(26)24-18-11-7-4-8-12-18/h3-12,19-20,23H,2,13-16H2,1H3,(H,24,26). The molecule has 1 aliphatic heterocycles. The van der Waals surface area contributed by atoms with Crippen LogP contribution in [-0.2, 0) is 16.1 Å². The third-order valence-corrected chi connectivity index (χ3v) is 4.82. The van der Waals surface area contributed by atoms with Crippen molar-refractivity contribution in [2.45, 2.75) is 26.0 Å². The maximum atomic E-state index is 12.8. The Morgan fingerprint density at radius 2 is 1.71 bits per heavy atom. The van der Waals surface area contributed by atoms with E-state index in [0.717, 1.165) is 24.2 Å². The fourth-order valence-electron chi connectivity index (χ4n) is 3.32. The molecule has 2 aromatic carbocycles. The molecule has 0 saturated carbocycles. The summed E-state index contributed by atoms with van der Waals surface area (Å²) in [4.78, 5) is 26.9. The van der Waals surface area contributed by atoms with Gasteiger partial charge in [0.15, 0.2) is 0 Å². The number of ether oxygens (including phenoxy) is 1. The highest BCUT2D eigenvalue weighted by Crippen LogP contribution is 2.21. The van der Waals surface area contributed by atoms with Crippen LogP contribution < -0.4 is 10.6 Å². The molecule has 1 saturated heterocycles. The lowest BCUT2D eigenvalue weighted by Crippen LogP contribution is -2.42. The Kier molecular flexibility index (Phi) is 7.03. The average molecular weight is 381 g/mol. The summed E-state index contributed by atoms with van der Waals surface area (Å²) in [7, 11) is 0. The van der Waals surface area contributed by atoms with Gasteiger partial charge >= 0.3 is 6.09 Å². The van der Waals surface area contributed by atoms with E-state index >= 15 is 0 Å². The van der Waals surface area contributed by atoms with Crippen molar-refractivity contribution in [3.05, 3.63) is 66.2 Å². The van der Waals surface area contributed by atoms with Gasteiger partial charge in [-0.2, -0.15) is 0 Å². The number of hydrogen-bond donors (Lipinski definition) is 2. The molecule has 1 fully saturated rings. The van der Waals surface area contributed by atoms with Gasteiger partial charge in [-0.15, -0.1) is 0 Å². The highest BCUT2D eigenvalue weighted by Gasteiger charge is 2.39. The number of benzene rings is 2. The molecule has 2 aromatic rings. The van der Waals surface area contributed by atoms with Gasteiger partial charge in [0, 0.05) is 24.8 Å². The van der Waals surface area contributed by atoms with E-state index in [1.807, 2.05) is 60.7 Å². The summed E-state index contributed by atoms with van der Waals surface area (Å²) in [6, 6.07) is 18.9. The van der Waals surface area contributed by atoms with Crippen LogP contribution in [0, 0.1) is 5.92 Å². The normalized spacial score (nSPS) is 18.7. The molecule has 28 heavy (non-hydrogen) atoms. The van der Waals surface area contributed by atoms with E-state index in [0.29, 0.717) is 13.1 Å². The van der Waals surface area contributed by atoms with Crippen molar-refractivity contribution in [1.29, 1.82) is 0 Å². The molecule has 3 rings (SSSR count). The number of carbonyl (C=O) groups excluding carboxylic acids is 2. The van der Waals surface area contributed by atoms with Crippen LogP contribution in [0.3, 0.4) is 0 Å². The first kappa shape index (κ1) is 19.9. The van der Waals surface area contributed by atoms with Crippen LogP contribution in [0.2, 0.25) is 0 Å². The third-order valence-electron chi connectivity index (χ3n) is 4.82. The zero-order valence-corrected chi connectivity index (χ0v) is 16.1. The van der Waals surface area contributed by atoms with Gasteiger partial charge in [-0.1, -0.05) is 55.5 Å². The Balaban J connectivity index is 1.60. The maximum absolute atomic E-state index is 12.8. The van der Waals surface area contributed by atoms with E-state index in [1.165, 1.54) is 0 Å². The van der Waals surface area contributed by atoms with Gasteiger partial charge in [0.25, 0.3) is 0 Å². The molecule has 2 atom stereocenters. The first-order valence-electron chi connectivity index (χ1n) is 9.72. The maximum Gasteiger partial charge on any atom is 0.410 e. The smallest absolute Gasteiger partial charge is 0.410 e. The predicted octanol–water partition coefficient (Wildman–Crippen LogP) is 3.26. The number of carbonyl (C=O) groups is 2. The minimum absolute atomic E-state index is 0.0850. The van der Waals surface area contributed by atoms with Gasteiger partial charge in [-0.05, 0) is 30.7 Å². The summed E-state index contributed by atoms with van der Waals surface area (Å²) >= 11 is 0. The fourth-order valence-corrected chi connectivity index (χ4v) is 3.32. The molecule has 6 heteroatoms. The highest BCUT2D eigenvalue weighted by molar-refractivity contribution is 5.93. The number of nitrogens with one attached hydrogen (secondary N) is 2. The molecular formula is C22H27N3O3. The summed E-state index contributed by atoms with van der Waals surface area (Å²) in [6.45, 7) is 3.90. The van der Waals surface area contributed by atoms with Gasteiger partial charge in [-0.3, -0.25) is 4.79 Å². The average Bonchev–Trinajstić information content (AvgIpc) is 3.16. The molecule has 0 radical (unpaired) electrons. The van der Waals surface area contributed by atoms with E-state index in [9.17, 15) is 9.59 Å². The Hall–Kier alpha value is -2.86. The van der Waals surface area contributed by atoms with E-state index in [-0.39, 0.29) is 30.6 Å². The van der Waals surface area contributed by atoms with Gasteiger partial charge in [0.1, 0.15) is 6.61 Å². The predicted molar refractivity (Wildman–Crippen MR) is 109 cm³/mol. The molecule has 2 unspecified atom stereocenters. The lowest BCUT2D eigenvalue weighted by atomic mass is 10.0. The summed E-state index contributed by atoms with van der Waals surface area (Å²) < 4.78 is 5.44. The molecule has 0 aromatic heterocycles. The molecule has 0 spiro atoms. The van der Waals surface area contributed by atoms with Crippen LogP contribution >= 0.6 is 0 Å². The van der Waals surface area contributed by atoms with Crippen molar-refractivity contribution in [1.82, 2.24) is 10.2 Å². The van der Waals surface area contributed by atoms with Gasteiger partial charge in [0.05, 0.1) is 5.92 Å². The van der Waals surface area contributed by atoms with Crippen LogP contribution in [0.25, 0.3) is 0 Å². The summed E-state index contributed by atoms with van der Waals surface area (Å²) in [6.07, 6.45) is 0.573. The van der Waals surface area contributed by atoms with Crippen molar-refractivity contribution in [3.63, 3.8) is 0 Å². The van der Waals surface area contributed by atoms with Crippen LogP contribution in [0.5, 0.6) is 0 Å². The molecular weight excluding hydrogens is 354 g/mol. The number of rotatable bonds is 7. The molecule has 1 aliphatic rings. The first-order chi connectivity index (χ1) is 13.7. The minimum atomic E-state index is -0.387. The number of hydrogen-bond acceptors (Lipinski definition) is 4. The van der Waals surface area contributed by atoms with Crippen LogP contribution in [0.4, 0.5) is 10.5 Å². The molecule has 6 nitrogen and oxygen atoms in total. The quantitative estimate of drug-likeness (QED) is 0.772. The second kappa shape index (κ2) is 9.90. The number of nitrogens with zero attached hydrogens (tertiary/aromatic N) is 1. The van der Waals surface area contributed by atoms with Gasteiger partial charge < -0.3 is 20.3 Å². The second-order valence-corrected chi connectivity index (χ2v) is 6.97. The Morgan fingerprint density at radius 3 is 2.39 bits per heavy atom. The number of anilines is 1. The Morgan fingerprint density at radius 1 is 1.04 bits per heavy atom. The summed E-state index contributed by atoms with van der Waals surface area (Å²) in [5, 5.41) is 6.35. The monoisotopic (exact) mass is 381 g/mol. The Bertz CT molecular complexity index is 767. The van der Waals surface area contributed by atoms with Crippen molar-refractivity contribution >= 4 is 17.7 Å². The molecule has 0 bridgehead atoms. The van der Waals surface area contributed by atoms with Crippen LogP contribution in [-0.4, -0.2) is 42.6 Å². The summed E-state index contributed by atoms with van der Waals surface area (Å²) in [5.74, 6) is -0.408. The van der Waals surface area contributed by atoms with E-state index in [1.54, 1.807) is 4.90 Å². The highest BCUT2D eigenvalue weighted by atomic mass is 16.6. The van der Waals surface area contributed by atoms with Crippen molar-refractivity contribution < 1.29 is 14.3 Å². The van der Waals surface area contributed by atoms with E-state index in [4.69, 9.17) is 4.74 Å². The number of para-hydroxylation sites is 1. The lowest BCUT2D eigenvalue weighted by molar-refractivity contribution is -0.120. The minimum Gasteiger partial charge on any atom is -0.445 e. The zero-order chi connectivity index (χ0) is 19.8. The fraction of sp³-hybridized carbons (Fsp3) is 0.364. The molecule has 148 valence electrons. The molecule has 1 heterocycles.